The van der Waals surface area contributed by atoms with E-state index >= 15 is 0 Å². The van der Waals surface area contributed by atoms with Crippen LogP contribution in [-0.4, -0.2) is 56.0 Å². The van der Waals surface area contributed by atoms with Crippen molar-refractivity contribution in [3.63, 3.8) is 0 Å². The molecule has 0 atom stereocenters. The Labute approximate surface area is 178 Å². The van der Waals surface area contributed by atoms with Gasteiger partial charge in [-0.2, -0.15) is 0 Å². The van der Waals surface area contributed by atoms with E-state index in [1.807, 2.05) is 24.8 Å². The van der Waals surface area contributed by atoms with E-state index in [-0.39, 0.29) is 17.4 Å². The third-order valence-electron chi connectivity index (χ3n) is 7.01. The van der Waals surface area contributed by atoms with Crippen LogP contribution in [0.3, 0.4) is 0 Å². The van der Waals surface area contributed by atoms with Gasteiger partial charge in [-0.15, -0.1) is 0 Å². The normalized spacial score (nSPS) is 18.5. The molecule has 2 aromatic heterocycles. The van der Waals surface area contributed by atoms with Crippen molar-refractivity contribution in [2.75, 3.05) is 19.6 Å². The molecule has 7 nitrogen and oxygen atoms in total. The first-order valence-electron chi connectivity index (χ1n) is 11.6. The smallest absolute Gasteiger partial charge is 0.277 e. The number of carbonyl (C=O) groups is 1. The van der Waals surface area contributed by atoms with E-state index in [0.29, 0.717) is 18.5 Å². The van der Waals surface area contributed by atoms with Gasteiger partial charge in [-0.3, -0.25) is 19.6 Å². The lowest BCUT2D eigenvalue weighted by Crippen LogP contribution is -2.42. The van der Waals surface area contributed by atoms with Crippen LogP contribution in [0.5, 0.6) is 0 Å². The van der Waals surface area contributed by atoms with Crippen LogP contribution in [0.25, 0.3) is 5.65 Å². The Balaban J connectivity index is 1.56. The molecule has 1 N–H and O–H groups in total. The minimum atomic E-state index is 0.0447. The van der Waals surface area contributed by atoms with E-state index in [9.17, 15) is 9.59 Å². The highest BCUT2D eigenvalue weighted by Gasteiger charge is 2.28. The number of amides is 1. The van der Waals surface area contributed by atoms with Gasteiger partial charge in [0.25, 0.3) is 5.56 Å². The zero-order valence-corrected chi connectivity index (χ0v) is 18.8. The van der Waals surface area contributed by atoms with Gasteiger partial charge in [0.2, 0.25) is 5.91 Å². The molecule has 1 amide bonds. The molecule has 1 saturated heterocycles. The van der Waals surface area contributed by atoms with Crippen LogP contribution in [0.15, 0.2) is 10.9 Å². The first-order valence-corrected chi connectivity index (χ1v) is 11.6. The number of nitrogens with zero attached hydrogens (tertiary/aromatic N) is 4. The highest BCUT2D eigenvalue weighted by atomic mass is 16.2. The highest BCUT2D eigenvalue weighted by Crippen LogP contribution is 2.28. The van der Waals surface area contributed by atoms with Crippen molar-refractivity contribution >= 4 is 11.6 Å². The fourth-order valence-electron chi connectivity index (χ4n) is 5.12. The number of piperidine rings is 1. The minimum Gasteiger partial charge on any atom is -0.342 e. The number of aromatic amines is 1. The summed E-state index contributed by atoms with van der Waals surface area (Å²) in [6.07, 6.45) is 4.89. The number of aromatic nitrogens is 3. The molecule has 164 valence electrons. The zero-order chi connectivity index (χ0) is 21.4. The minimum absolute atomic E-state index is 0.0447. The molecular formula is C23H35N5O2. The molecule has 2 aromatic rings. The van der Waals surface area contributed by atoms with Crippen LogP contribution in [0, 0.1) is 5.92 Å². The Morgan fingerprint density at radius 2 is 1.90 bits per heavy atom. The SMILES string of the molecule is CCC(CC)N1CCc2nc3cc(C4CCN(C(=O)C(C)C)CC4)[nH]n3c(=O)c2C1. The standard InChI is InChI=1S/C23H35N5O2/c1-5-17(6-2)27-12-9-19-18(14-27)23(30)28-21(24-19)13-20(25-28)16-7-10-26(11-8-16)22(29)15(3)4/h13,15-17,25H,5-12,14H2,1-4H3. The Bertz CT molecular complexity index is 964. The van der Waals surface area contributed by atoms with Crippen LogP contribution in [0.2, 0.25) is 0 Å². The van der Waals surface area contributed by atoms with Crippen molar-refractivity contribution in [2.45, 2.75) is 78.3 Å². The average Bonchev–Trinajstić information content (AvgIpc) is 3.19. The monoisotopic (exact) mass is 413 g/mol. The van der Waals surface area contributed by atoms with Crippen molar-refractivity contribution in [1.82, 2.24) is 24.4 Å². The third kappa shape index (κ3) is 3.80. The van der Waals surface area contributed by atoms with Gasteiger partial charge >= 0.3 is 0 Å². The van der Waals surface area contributed by atoms with E-state index in [1.54, 1.807) is 4.52 Å². The molecule has 0 radical (unpaired) electrons. The summed E-state index contributed by atoms with van der Waals surface area (Å²) in [5, 5.41) is 3.34. The molecule has 4 heterocycles. The van der Waals surface area contributed by atoms with Crippen LogP contribution in [-0.2, 0) is 17.8 Å². The predicted molar refractivity (Wildman–Crippen MR) is 118 cm³/mol. The summed E-state index contributed by atoms with van der Waals surface area (Å²) in [5.41, 5.74) is 3.65. The molecule has 30 heavy (non-hydrogen) atoms. The summed E-state index contributed by atoms with van der Waals surface area (Å²) in [7, 11) is 0. The number of fused-ring (bicyclic) bond motifs is 2. The van der Waals surface area contributed by atoms with E-state index < -0.39 is 0 Å². The topological polar surface area (TPSA) is 73.7 Å². The van der Waals surface area contributed by atoms with Crippen molar-refractivity contribution in [3.05, 3.63) is 33.4 Å². The number of nitrogens with one attached hydrogen (secondary N) is 1. The summed E-state index contributed by atoms with van der Waals surface area (Å²) in [4.78, 5) is 34.7. The van der Waals surface area contributed by atoms with E-state index in [1.165, 1.54) is 0 Å². The number of carbonyl (C=O) groups excluding carboxylic acids is 1. The van der Waals surface area contributed by atoms with Gasteiger partial charge < -0.3 is 4.90 Å². The number of hydrogen-bond donors (Lipinski definition) is 1. The van der Waals surface area contributed by atoms with Crippen LogP contribution in [0.4, 0.5) is 0 Å². The lowest BCUT2D eigenvalue weighted by molar-refractivity contribution is -0.135. The van der Waals surface area contributed by atoms with E-state index in [2.05, 4.69) is 23.8 Å². The molecule has 0 bridgehead atoms. The molecular weight excluding hydrogens is 378 g/mol. The lowest BCUT2D eigenvalue weighted by atomic mass is 9.93. The van der Waals surface area contributed by atoms with Gasteiger partial charge in [0.05, 0.1) is 11.3 Å². The number of H-pyrrole nitrogens is 1. The third-order valence-corrected chi connectivity index (χ3v) is 7.01. The number of likely N-dealkylation sites (tertiary alicyclic amines) is 1. The maximum Gasteiger partial charge on any atom is 0.277 e. The molecule has 0 aliphatic carbocycles. The largest absolute Gasteiger partial charge is 0.342 e. The fourth-order valence-corrected chi connectivity index (χ4v) is 5.12. The van der Waals surface area contributed by atoms with E-state index in [4.69, 9.17) is 4.98 Å². The van der Waals surface area contributed by atoms with Crippen LogP contribution < -0.4 is 5.56 Å². The Morgan fingerprint density at radius 1 is 1.20 bits per heavy atom. The van der Waals surface area contributed by atoms with Gasteiger partial charge in [0, 0.05) is 62.2 Å². The first-order chi connectivity index (χ1) is 14.4. The van der Waals surface area contributed by atoms with Crippen LogP contribution in [0.1, 0.15) is 76.2 Å². The molecule has 4 rings (SSSR count). The van der Waals surface area contributed by atoms with Crippen LogP contribution >= 0.6 is 0 Å². The number of rotatable bonds is 5. The van der Waals surface area contributed by atoms with Crippen molar-refractivity contribution in [2.24, 2.45) is 5.92 Å². The maximum absolute atomic E-state index is 13.2. The van der Waals surface area contributed by atoms with Gasteiger partial charge in [-0.25, -0.2) is 9.50 Å². The Kier molecular flexibility index (Phi) is 6.00. The summed E-state index contributed by atoms with van der Waals surface area (Å²) >= 11 is 0. The summed E-state index contributed by atoms with van der Waals surface area (Å²) in [6, 6.07) is 2.57. The predicted octanol–water partition coefficient (Wildman–Crippen LogP) is 2.93. The summed E-state index contributed by atoms with van der Waals surface area (Å²) in [5.74, 6) is 0.612. The molecule has 7 heteroatoms. The lowest BCUT2D eigenvalue weighted by Gasteiger charge is -2.33. The Hall–Kier alpha value is -2.15. The second-order valence-corrected chi connectivity index (χ2v) is 9.19. The second-order valence-electron chi connectivity index (χ2n) is 9.19. The van der Waals surface area contributed by atoms with Crippen molar-refractivity contribution in [1.29, 1.82) is 0 Å². The molecule has 0 saturated carbocycles. The van der Waals surface area contributed by atoms with Crippen molar-refractivity contribution < 1.29 is 4.79 Å². The van der Waals surface area contributed by atoms with Crippen molar-refractivity contribution in [3.8, 4) is 0 Å². The molecule has 1 fully saturated rings. The van der Waals surface area contributed by atoms with Gasteiger partial charge in [-0.05, 0) is 25.7 Å². The average molecular weight is 414 g/mol. The molecule has 0 spiro atoms. The highest BCUT2D eigenvalue weighted by molar-refractivity contribution is 5.78. The molecule has 0 unspecified atom stereocenters. The fraction of sp³-hybridized carbons (Fsp3) is 0.696. The maximum atomic E-state index is 13.2. The number of hydrogen-bond acceptors (Lipinski definition) is 4. The van der Waals surface area contributed by atoms with Gasteiger partial charge in [0.15, 0.2) is 5.65 Å². The van der Waals surface area contributed by atoms with Gasteiger partial charge in [0.1, 0.15) is 0 Å². The first kappa shape index (κ1) is 21.1. The molecule has 2 aliphatic heterocycles. The van der Waals surface area contributed by atoms with Gasteiger partial charge in [-0.1, -0.05) is 27.7 Å². The summed E-state index contributed by atoms with van der Waals surface area (Å²) in [6.45, 7) is 11.6. The summed E-state index contributed by atoms with van der Waals surface area (Å²) < 4.78 is 1.64. The zero-order valence-electron chi connectivity index (χ0n) is 18.8. The quantitative estimate of drug-likeness (QED) is 0.818. The second kappa shape index (κ2) is 8.53. The Morgan fingerprint density at radius 3 is 2.53 bits per heavy atom. The molecule has 0 aromatic carbocycles. The van der Waals surface area contributed by atoms with E-state index in [0.717, 1.165) is 74.3 Å². The molecule has 2 aliphatic rings.